The van der Waals surface area contributed by atoms with Crippen LogP contribution in [0.25, 0.3) is 0 Å². The first-order valence-corrected chi connectivity index (χ1v) is 6.90. The fraction of sp³-hybridized carbons (Fsp3) is 0.615. The standard InChI is InChI=1S/C13H21NO3S/c1-5-17-12(15)13(3,10(2)16-4)14-9-11-7-6-8-18-11/h6-8,10,14H,5,9H2,1-4H3. The Kier molecular flexibility index (Phi) is 5.78. The van der Waals surface area contributed by atoms with Crippen LogP contribution < -0.4 is 5.32 Å². The first-order chi connectivity index (χ1) is 8.54. The Morgan fingerprint density at radius 3 is 2.83 bits per heavy atom. The van der Waals surface area contributed by atoms with Crippen molar-refractivity contribution in [2.45, 2.75) is 39.0 Å². The molecule has 0 amide bonds. The number of hydrogen-bond donors (Lipinski definition) is 1. The van der Waals surface area contributed by atoms with Gasteiger partial charge in [0.15, 0.2) is 0 Å². The molecule has 0 radical (unpaired) electrons. The molecule has 2 unspecified atom stereocenters. The van der Waals surface area contributed by atoms with Crippen LogP contribution in [0.2, 0.25) is 0 Å². The van der Waals surface area contributed by atoms with E-state index in [0.29, 0.717) is 13.2 Å². The molecule has 5 heteroatoms. The number of ether oxygens (including phenoxy) is 2. The molecule has 18 heavy (non-hydrogen) atoms. The van der Waals surface area contributed by atoms with Gasteiger partial charge < -0.3 is 9.47 Å². The number of thiophene rings is 1. The fourth-order valence-corrected chi connectivity index (χ4v) is 2.23. The highest BCUT2D eigenvalue weighted by Gasteiger charge is 2.40. The molecule has 0 spiro atoms. The lowest BCUT2D eigenvalue weighted by molar-refractivity contribution is -0.156. The maximum atomic E-state index is 12.1. The Bertz CT molecular complexity index is 366. The number of hydrogen-bond acceptors (Lipinski definition) is 5. The van der Waals surface area contributed by atoms with Crippen LogP contribution in [0, 0.1) is 0 Å². The van der Waals surface area contributed by atoms with Gasteiger partial charge in [0.2, 0.25) is 0 Å². The van der Waals surface area contributed by atoms with Crippen LogP contribution in [-0.4, -0.2) is 31.3 Å². The van der Waals surface area contributed by atoms with Crippen molar-refractivity contribution < 1.29 is 14.3 Å². The predicted molar refractivity (Wildman–Crippen MR) is 72.7 cm³/mol. The van der Waals surface area contributed by atoms with Gasteiger partial charge in [0.25, 0.3) is 0 Å². The van der Waals surface area contributed by atoms with Gasteiger partial charge in [0.1, 0.15) is 5.54 Å². The van der Waals surface area contributed by atoms with E-state index in [1.165, 1.54) is 4.88 Å². The Balaban J connectivity index is 2.74. The van der Waals surface area contributed by atoms with Crippen LogP contribution in [0.15, 0.2) is 17.5 Å². The zero-order chi connectivity index (χ0) is 13.6. The normalized spacial score (nSPS) is 16.0. The van der Waals surface area contributed by atoms with Crippen LogP contribution in [-0.2, 0) is 20.8 Å². The van der Waals surface area contributed by atoms with Crippen molar-refractivity contribution in [3.8, 4) is 0 Å². The molecule has 0 aromatic carbocycles. The summed E-state index contributed by atoms with van der Waals surface area (Å²) in [7, 11) is 1.59. The molecule has 0 aliphatic carbocycles. The highest BCUT2D eigenvalue weighted by atomic mass is 32.1. The third-order valence-corrected chi connectivity index (χ3v) is 3.95. The molecule has 0 aliphatic rings. The second-order valence-corrected chi connectivity index (χ2v) is 5.27. The van der Waals surface area contributed by atoms with E-state index >= 15 is 0 Å². The summed E-state index contributed by atoms with van der Waals surface area (Å²) in [6.45, 7) is 6.46. The van der Waals surface area contributed by atoms with E-state index in [-0.39, 0.29) is 12.1 Å². The molecular formula is C13H21NO3S. The lowest BCUT2D eigenvalue weighted by Gasteiger charge is -2.33. The highest BCUT2D eigenvalue weighted by molar-refractivity contribution is 7.09. The molecule has 0 saturated heterocycles. The van der Waals surface area contributed by atoms with E-state index in [0.717, 1.165) is 0 Å². The average Bonchev–Trinajstić information content (AvgIpc) is 2.88. The maximum absolute atomic E-state index is 12.1. The third-order valence-electron chi connectivity index (χ3n) is 3.08. The monoisotopic (exact) mass is 271 g/mol. The summed E-state index contributed by atoms with van der Waals surface area (Å²) in [5.74, 6) is -0.282. The molecule has 4 nitrogen and oxygen atoms in total. The first-order valence-electron chi connectivity index (χ1n) is 6.02. The molecule has 0 bridgehead atoms. The van der Waals surface area contributed by atoms with Gasteiger partial charge in [-0.2, -0.15) is 0 Å². The van der Waals surface area contributed by atoms with Gasteiger partial charge in [0, 0.05) is 18.5 Å². The SMILES string of the molecule is CCOC(=O)C(C)(NCc1cccs1)C(C)OC. The van der Waals surface area contributed by atoms with Gasteiger partial charge in [-0.05, 0) is 32.2 Å². The molecule has 2 atom stereocenters. The number of nitrogens with one attached hydrogen (secondary N) is 1. The molecule has 1 aromatic heterocycles. The van der Waals surface area contributed by atoms with Crippen molar-refractivity contribution in [2.75, 3.05) is 13.7 Å². The minimum atomic E-state index is -0.839. The van der Waals surface area contributed by atoms with Crippen LogP contribution in [0.4, 0.5) is 0 Å². The van der Waals surface area contributed by atoms with Crippen LogP contribution in [0.3, 0.4) is 0 Å². The molecule has 0 fully saturated rings. The fourth-order valence-electron chi connectivity index (χ4n) is 1.58. The van der Waals surface area contributed by atoms with E-state index in [9.17, 15) is 4.79 Å². The number of esters is 1. The van der Waals surface area contributed by atoms with Crippen molar-refractivity contribution >= 4 is 17.3 Å². The number of carbonyl (C=O) groups excluding carboxylic acids is 1. The molecule has 0 aliphatic heterocycles. The van der Waals surface area contributed by atoms with E-state index in [1.807, 2.05) is 31.4 Å². The summed E-state index contributed by atoms with van der Waals surface area (Å²) in [6.07, 6.45) is -0.267. The van der Waals surface area contributed by atoms with Gasteiger partial charge in [0.05, 0.1) is 12.7 Å². The average molecular weight is 271 g/mol. The lowest BCUT2D eigenvalue weighted by atomic mass is 9.95. The minimum absolute atomic E-state index is 0.267. The molecule has 0 saturated carbocycles. The van der Waals surface area contributed by atoms with E-state index < -0.39 is 5.54 Å². The van der Waals surface area contributed by atoms with Crippen molar-refractivity contribution in [2.24, 2.45) is 0 Å². The molecular weight excluding hydrogens is 250 g/mol. The number of rotatable bonds is 7. The van der Waals surface area contributed by atoms with Crippen molar-refractivity contribution in [3.05, 3.63) is 22.4 Å². The zero-order valence-electron chi connectivity index (χ0n) is 11.4. The van der Waals surface area contributed by atoms with Crippen LogP contribution in [0.1, 0.15) is 25.6 Å². The lowest BCUT2D eigenvalue weighted by Crippen LogP contribution is -2.58. The van der Waals surface area contributed by atoms with Crippen LogP contribution in [0.5, 0.6) is 0 Å². The third kappa shape index (κ3) is 3.54. The first kappa shape index (κ1) is 15.1. The maximum Gasteiger partial charge on any atom is 0.328 e. The summed E-state index contributed by atoms with van der Waals surface area (Å²) in [6, 6.07) is 4.02. The topological polar surface area (TPSA) is 47.6 Å². The Labute approximate surface area is 112 Å². The quantitative estimate of drug-likeness (QED) is 0.772. The van der Waals surface area contributed by atoms with Crippen molar-refractivity contribution in [3.63, 3.8) is 0 Å². The minimum Gasteiger partial charge on any atom is -0.465 e. The summed E-state index contributed by atoms with van der Waals surface area (Å²) in [5.41, 5.74) is -0.839. The number of carbonyl (C=O) groups is 1. The highest BCUT2D eigenvalue weighted by Crippen LogP contribution is 2.18. The second kappa shape index (κ2) is 6.87. The molecule has 102 valence electrons. The molecule has 1 aromatic rings. The Hall–Kier alpha value is -0.910. The summed E-state index contributed by atoms with van der Waals surface area (Å²) >= 11 is 1.65. The van der Waals surface area contributed by atoms with E-state index in [4.69, 9.17) is 9.47 Å². The van der Waals surface area contributed by atoms with Gasteiger partial charge in [-0.3, -0.25) is 5.32 Å². The predicted octanol–water partition coefficient (Wildman–Crippen LogP) is 2.19. The molecule has 1 heterocycles. The Morgan fingerprint density at radius 2 is 2.33 bits per heavy atom. The van der Waals surface area contributed by atoms with E-state index in [1.54, 1.807) is 25.4 Å². The van der Waals surface area contributed by atoms with Gasteiger partial charge >= 0.3 is 5.97 Å². The second-order valence-electron chi connectivity index (χ2n) is 4.23. The summed E-state index contributed by atoms with van der Waals surface area (Å²) in [5, 5.41) is 5.26. The summed E-state index contributed by atoms with van der Waals surface area (Å²) < 4.78 is 10.4. The number of methoxy groups -OCH3 is 1. The largest absolute Gasteiger partial charge is 0.465 e. The van der Waals surface area contributed by atoms with Crippen molar-refractivity contribution in [1.29, 1.82) is 0 Å². The van der Waals surface area contributed by atoms with Gasteiger partial charge in [-0.25, -0.2) is 4.79 Å². The van der Waals surface area contributed by atoms with E-state index in [2.05, 4.69) is 5.32 Å². The van der Waals surface area contributed by atoms with Crippen molar-refractivity contribution in [1.82, 2.24) is 5.32 Å². The van der Waals surface area contributed by atoms with Gasteiger partial charge in [-0.15, -0.1) is 11.3 Å². The summed E-state index contributed by atoms with van der Waals surface area (Å²) in [4.78, 5) is 13.2. The smallest absolute Gasteiger partial charge is 0.328 e. The zero-order valence-corrected chi connectivity index (χ0v) is 12.2. The van der Waals surface area contributed by atoms with Crippen LogP contribution >= 0.6 is 11.3 Å². The molecule has 1 rings (SSSR count). The van der Waals surface area contributed by atoms with Gasteiger partial charge in [-0.1, -0.05) is 6.07 Å². The Morgan fingerprint density at radius 1 is 1.61 bits per heavy atom. The molecule has 1 N–H and O–H groups in total.